The van der Waals surface area contributed by atoms with E-state index in [9.17, 15) is 0 Å². The SMILES string of the molecule is COc1ccc(Oc2cccc(N)c2)c(C(C)(C)C)c1. The summed E-state index contributed by atoms with van der Waals surface area (Å²) < 4.78 is 11.3. The van der Waals surface area contributed by atoms with Crippen LogP contribution in [0.15, 0.2) is 42.5 Å². The molecule has 2 N–H and O–H groups in total. The average molecular weight is 271 g/mol. The van der Waals surface area contributed by atoms with Crippen molar-refractivity contribution in [3.05, 3.63) is 48.0 Å². The van der Waals surface area contributed by atoms with Crippen LogP contribution < -0.4 is 15.2 Å². The van der Waals surface area contributed by atoms with Crippen molar-refractivity contribution in [1.29, 1.82) is 0 Å². The van der Waals surface area contributed by atoms with Gasteiger partial charge in [-0.25, -0.2) is 0 Å². The molecule has 2 aromatic carbocycles. The normalized spacial score (nSPS) is 11.2. The summed E-state index contributed by atoms with van der Waals surface area (Å²) >= 11 is 0. The molecule has 0 fully saturated rings. The third-order valence-corrected chi connectivity index (χ3v) is 3.08. The Morgan fingerprint density at radius 3 is 2.30 bits per heavy atom. The van der Waals surface area contributed by atoms with E-state index in [1.165, 1.54) is 0 Å². The molecule has 0 saturated carbocycles. The first-order chi connectivity index (χ1) is 9.40. The van der Waals surface area contributed by atoms with Crippen molar-refractivity contribution in [2.75, 3.05) is 12.8 Å². The van der Waals surface area contributed by atoms with Gasteiger partial charge in [-0.1, -0.05) is 26.8 Å². The van der Waals surface area contributed by atoms with Crippen molar-refractivity contribution in [2.45, 2.75) is 26.2 Å². The van der Waals surface area contributed by atoms with E-state index in [4.69, 9.17) is 15.2 Å². The number of benzene rings is 2. The van der Waals surface area contributed by atoms with Gasteiger partial charge >= 0.3 is 0 Å². The van der Waals surface area contributed by atoms with Gasteiger partial charge < -0.3 is 15.2 Å². The predicted octanol–water partition coefficient (Wildman–Crippen LogP) is 4.37. The van der Waals surface area contributed by atoms with Gasteiger partial charge in [-0.3, -0.25) is 0 Å². The molecule has 0 bridgehead atoms. The molecule has 3 heteroatoms. The third-order valence-electron chi connectivity index (χ3n) is 3.08. The molecule has 0 saturated heterocycles. The van der Waals surface area contributed by atoms with Crippen LogP contribution in [0.2, 0.25) is 0 Å². The molecule has 0 unspecified atom stereocenters. The fourth-order valence-corrected chi connectivity index (χ4v) is 2.02. The van der Waals surface area contributed by atoms with E-state index in [1.54, 1.807) is 7.11 Å². The second-order valence-corrected chi connectivity index (χ2v) is 5.79. The summed E-state index contributed by atoms with van der Waals surface area (Å²) in [4.78, 5) is 0. The minimum atomic E-state index is -0.0375. The van der Waals surface area contributed by atoms with Crippen LogP contribution in [0, 0.1) is 0 Å². The van der Waals surface area contributed by atoms with Crippen LogP contribution in [0.1, 0.15) is 26.3 Å². The molecule has 0 amide bonds. The molecule has 0 spiro atoms. The second kappa shape index (κ2) is 5.45. The van der Waals surface area contributed by atoms with Crippen LogP contribution in [0.3, 0.4) is 0 Å². The lowest BCUT2D eigenvalue weighted by atomic mass is 9.86. The van der Waals surface area contributed by atoms with Gasteiger partial charge in [-0.05, 0) is 35.7 Å². The van der Waals surface area contributed by atoms with Crippen molar-refractivity contribution in [1.82, 2.24) is 0 Å². The lowest BCUT2D eigenvalue weighted by molar-refractivity contribution is 0.407. The lowest BCUT2D eigenvalue weighted by Crippen LogP contribution is -2.12. The molecular weight excluding hydrogens is 250 g/mol. The van der Waals surface area contributed by atoms with Gasteiger partial charge in [0.2, 0.25) is 0 Å². The highest BCUT2D eigenvalue weighted by Crippen LogP contribution is 2.36. The highest BCUT2D eigenvalue weighted by Gasteiger charge is 2.20. The molecule has 0 heterocycles. The zero-order valence-corrected chi connectivity index (χ0v) is 12.4. The molecule has 3 nitrogen and oxygen atoms in total. The first-order valence-electron chi connectivity index (χ1n) is 6.62. The van der Waals surface area contributed by atoms with Crippen LogP contribution in [-0.4, -0.2) is 7.11 Å². The van der Waals surface area contributed by atoms with Gasteiger partial charge in [0, 0.05) is 17.3 Å². The van der Waals surface area contributed by atoms with E-state index in [0.29, 0.717) is 5.69 Å². The number of nitrogens with two attached hydrogens (primary N) is 1. The Morgan fingerprint density at radius 2 is 1.70 bits per heavy atom. The van der Waals surface area contributed by atoms with Crippen molar-refractivity contribution in [3.8, 4) is 17.2 Å². The highest BCUT2D eigenvalue weighted by molar-refractivity contribution is 5.49. The van der Waals surface area contributed by atoms with Gasteiger partial charge in [0.15, 0.2) is 0 Å². The van der Waals surface area contributed by atoms with Gasteiger partial charge in [0.1, 0.15) is 17.2 Å². The average Bonchev–Trinajstić information content (AvgIpc) is 2.38. The van der Waals surface area contributed by atoms with Gasteiger partial charge in [0.25, 0.3) is 0 Å². The molecule has 2 rings (SSSR count). The summed E-state index contributed by atoms with van der Waals surface area (Å²) in [5, 5.41) is 0. The van der Waals surface area contributed by atoms with E-state index >= 15 is 0 Å². The standard InChI is InChI=1S/C17H21NO2/c1-17(2,3)15-11-13(19-4)8-9-16(15)20-14-7-5-6-12(18)10-14/h5-11H,18H2,1-4H3. The largest absolute Gasteiger partial charge is 0.497 e. The topological polar surface area (TPSA) is 44.5 Å². The number of hydrogen-bond donors (Lipinski definition) is 1. The maximum absolute atomic E-state index is 5.98. The second-order valence-electron chi connectivity index (χ2n) is 5.79. The number of hydrogen-bond acceptors (Lipinski definition) is 3. The lowest BCUT2D eigenvalue weighted by Gasteiger charge is -2.23. The molecule has 0 aliphatic rings. The summed E-state index contributed by atoms with van der Waals surface area (Å²) in [7, 11) is 1.67. The molecule has 0 atom stereocenters. The fourth-order valence-electron chi connectivity index (χ4n) is 2.02. The zero-order chi connectivity index (χ0) is 14.8. The van der Waals surface area contributed by atoms with E-state index in [0.717, 1.165) is 22.8 Å². The summed E-state index contributed by atoms with van der Waals surface area (Å²) in [6.45, 7) is 6.44. The fraction of sp³-hybridized carbons (Fsp3) is 0.294. The van der Waals surface area contributed by atoms with Crippen molar-refractivity contribution in [2.24, 2.45) is 0 Å². The Bertz CT molecular complexity index is 600. The summed E-state index contributed by atoms with van der Waals surface area (Å²) in [6, 6.07) is 13.3. The van der Waals surface area contributed by atoms with Gasteiger partial charge in [-0.2, -0.15) is 0 Å². The van der Waals surface area contributed by atoms with Crippen LogP contribution in [0.4, 0.5) is 5.69 Å². The van der Waals surface area contributed by atoms with E-state index in [2.05, 4.69) is 20.8 Å². The quantitative estimate of drug-likeness (QED) is 0.843. The highest BCUT2D eigenvalue weighted by atomic mass is 16.5. The van der Waals surface area contributed by atoms with E-state index in [1.807, 2.05) is 42.5 Å². The molecule has 2 aromatic rings. The monoisotopic (exact) mass is 271 g/mol. The van der Waals surface area contributed by atoms with Crippen molar-refractivity contribution >= 4 is 5.69 Å². The molecular formula is C17H21NO2. The van der Waals surface area contributed by atoms with Crippen LogP contribution in [-0.2, 0) is 5.41 Å². The van der Waals surface area contributed by atoms with E-state index < -0.39 is 0 Å². The number of methoxy groups -OCH3 is 1. The molecule has 0 radical (unpaired) electrons. The van der Waals surface area contributed by atoms with Crippen LogP contribution in [0.25, 0.3) is 0 Å². The number of nitrogen functional groups attached to an aromatic ring is 1. The van der Waals surface area contributed by atoms with Crippen molar-refractivity contribution in [3.63, 3.8) is 0 Å². The third kappa shape index (κ3) is 3.23. The number of ether oxygens (including phenoxy) is 2. The Kier molecular flexibility index (Phi) is 3.89. The molecule has 20 heavy (non-hydrogen) atoms. The molecule has 0 aliphatic heterocycles. The van der Waals surface area contributed by atoms with Crippen LogP contribution in [0.5, 0.6) is 17.2 Å². The Labute approximate surface area is 120 Å². The predicted molar refractivity (Wildman–Crippen MR) is 82.6 cm³/mol. The van der Waals surface area contributed by atoms with E-state index in [-0.39, 0.29) is 5.41 Å². The number of rotatable bonds is 3. The molecule has 0 aromatic heterocycles. The smallest absolute Gasteiger partial charge is 0.131 e. The zero-order valence-electron chi connectivity index (χ0n) is 12.4. The van der Waals surface area contributed by atoms with Crippen molar-refractivity contribution < 1.29 is 9.47 Å². The molecule has 106 valence electrons. The molecule has 0 aliphatic carbocycles. The maximum atomic E-state index is 5.98. The minimum Gasteiger partial charge on any atom is -0.497 e. The number of anilines is 1. The Hall–Kier alpha value is -2.16. The van der Waals surface area contributed by atoms with Gasteiger partial charge in [-0.15, -0.1) is 0 Å². The minimum absolute atomic E-state index is 0.0375. The summed E-state index contributed by atoms with van der Waals surface area (Å²) in [5.74, 6) is 2.39. The van der Waals surface area contributed by atoms with Crippen LogP contribution >= 0.6 is 0 Å². The Morgan fingerprint density at radius 1 is 0.950 bits per heavy atom. The Balaban J connectivity index is 2.41. The maximum Gasteiger partial charge on any atom is 0.131 e. The first-order valence-corrected chi connectivity index (χ1v) is 6.62. The summed E-state index contributed by atoms with van der Waals surface area (Å²) in [6.07, 6.45) is 0. The first kappa shape index (κ1) is 14.3. The van der Waals surface area contributed by atoms with Gasteiger partial charge in [0.05, 0.1) is 7.11 Å². The summed E-state index contributed by atoms with van der Waals surface area (Å²) in [5.41, 5.74) is 7.53.